The Hall–Kier alpha value is -1.22. The highest BCUT2D eigenvalue weighted by molar-refractivity contribution is 6.34. The molecule has 1 rings (SSSR count). The van der Waals surface area contributed by atoms with Gasteiger partial charge in [0.05, 0.1) is 10.6 Å². The minimum Gasteiger partial charge on any atom is -0.382 e. The third kappa shape index (κ3) is 4.75. The number of nitrogens with one attached hydrogen (secondary N) is 2. The molecule has 1 aromatic carbocycles. The standard InChI is InChI=1S/C15H23ClN2O/c1-4-6-7-11(5-2)18-12-8-9-14(16)13(10-12)15(19)17-3/h8-11,18H,4-7H2,1-3H3,(H,17,19). The predicted octanol–water partition coefficient (Wildman–Crippen LogP) is 4.08. The van der Waals surface area contributed by atoms with Crippen LogP contribution in [0.5, 0.6) is 0 Å². The Kier molecular flexibility index (Phi) is 6.71. The average molecular weight is 283 g/mol. The number of rotatable bonds is 7. The van der Waals surface area contributed by atoms with Crippen LogP contribution in [0.15, 0.2) is 18.2 Å². The summed E-state index contributed by atoms with van der Waals surface area (Å²) in [5.41, 5.74) is 1.46. The van der Waals surface area contributed by atoms with E-state index in [0.717, 1.165) is 18.5 Å². The molecular weight excluding hydrogens is 260 g/mol. The van der Waals surface area contributed by atoms with Crippen molar-refractivity contribution in [1.29, 1.82) is 0 Å². The molecule has 0 radical (unpaired) electrons. The maximum atomic E-state index is 11.7. The van der Waals surface area contributed by atoms with Gasteiger partial charge in [-0.3, -0.25) is 4.79 Å². The maximum absolute atomic E-state index is 11.7. The maximum Gasteiger partial charge on any atom is 0.252 e. The minimum atomic E-state index is -0.157. The normalized spacial score (nSPS) is 12.0. The van der Waals surface area contributed by atoms with E-state index in [2.05, 4.69) is 24.5 Å². The van der Waals surface area contributed by atoms with E-state index >= 15 is 0 Å². The first-order chi connectivity index (χ1) is 9.12. The Bertz CT molecular complexity index is 421. The van der Waals surface area contributed by atoms with E-state index in [0.29, 0.717) is 16.6 Å². The summed E-state index contributed by atoms with van der Waals surface area (Å²) < 4.78 is 0. The molecule has 0 bridgehead atoms. The van der Waals surface area contributed by atoms with Gasteiger partial charge in [0, 0.05) is 18.8 Å². The van der Waals surface area contributed by atoms with Crippen molar-refractivity contribution in [2.75, 3.05) is 12.4 Å². The highest BCUT2D eigenvalue weighted by Crippen LogP contribution is 2.22. The third-order valence-corrected chi connectivity index (χ3v) is 3.54. The molecule has 1 amide bonds. The fourth-order valence-corrected chi connectivity index (χ4v) is 2.19. The van der Waals surface area contributed by atoms with Crippen LogP contribution in [-0.2, 0) is 0 Å². The monoisotopic (exact) mass is 282 g/mol. The van der Waals surface area contributed by atoms with Crippen molar-refractivity contribution in [3.8, 4) is 0 Å². The number of benzene rings is 1. The van der Waals surface area contributed by atoms with Crippen molar-refractivity contribution in [2.24, 2.45) is 0 Å². The summed E-state index contributed by atoms with van der Waals surface area (Å²) in [6.07, 6.45) is 4.62. The summed E-state index contributed by atoms with van der Waals surface area (Å²) in [7, 11) is 1.61. The lowest BCUT2D eigenvalue weighted by Gasteiger charge is -2.18. The molecule has 0 aliphatic heterocycles. The number of hydrogen-bond acceptors (Lipinski definition) is 2. The molecule has 0 saturated heterocycles. The lowest BCUT2D eigenvalue weighted by Crippen LogP contribution is -2.20. The van der Waals surface area contributed by atoms with Gasteiger partial charge in [0.1, 0.15) is 0 Å². The van der Waals surface area contributed by atoms with E-state index in [-0.39, 0.29) is 5.91 Å². The van der Waals surface area contributed by atoms with E-state index in [1.165, 1.54) is 12.8 Å². The number of amides is 1. The second-order valence-electron chi connectivity index (χ2n) is 4.67. The average Bonchev–Trinajstić information content (AvgIpc) is 2.44. The molecule has 19 heavy (non-hydrogen) atoms. The fourth-order valence-electron chi connectivity index (χ4n) is 1.99. The molecular formula is C15H23ClN2O. The molecule has 3 nitrogen and oxygen atoms in total. The van der Waals surface area contributed by atoms with Gasteiger partial charge in [0.2, 0.25) is 0 Å². The Morgan fingerprint density at radius 3 is 2.68 bits per heavy atom. The van der Waals surface area contributed by atoms with Gasteiger partial charge in [0.15, 0.2) is 0 Å². The summed E-state index contributed by atoms with van der Waals surface area (Å²) in [5.74, 6) is -0.157. The lowest BCUT2D eigenvalue weighted by atomic mass is 10.1. The summed E-state index contributed by atoms with van der Waals surface area (Å²) >= 11 is 6.04. The Labute approximate surface area is 120 Å². The first-order valence-electron chi connectivity index (χ1n) is 6.90. The van der Waals surface area contributed by atoms with Crippen LogP contribution in [0.3, 0.4) is 0 Å². The molecule has 0 aliphatic carbocycles. The predicted molar refractivity (Wildman–Crippen MR) is 82.1 cm³/mol. The van der Waals surface area contributed by atoms with Gasteiger partial charge in [0.25, 0.3) is 5.91 Å². The number of hydrogen-bond donors (Lipinski definition) is 2. The van der Waals surface area contributed by atoms with Crippen LogP contribution < -0.4 is 10.6 Å². The number of anilines is 1. The summed E-state index contributed by atoms with van der Waals surface area (Å²) in [6.45, 7) is 4.36. The summed E-state index contributed by atoms with van der Waals surface area (Å²) in [6, 6.07) is 5.94. The Balaban J connectivity index is 2.80. The highest BCUT2D eigenvalue weighted by atomic mass is 35.5. The van der Waals surface area contributed by atoms with Crippen molar-refractivity contribution in [1.82, 2.24) is 5.32 Å². The first kappa shape index (κ1) is 15.8. The van der Waals surface area contributed by atoms with E-state index in [4.69, 9.17) is 11.6 Å². The van der Waals surface area contributed by atoms with E-state index in [1.54, 1.807) is 13.1 Å². The highest BCUT2D eigenvalue weighted by Gasteiger charge is 2.11. The van der Waals surface area contributed by atoms with Crippen LogP contribution in [0, 0.1) is 0 Å². The zero-order valence-electron chi connectivity index (χ0n) is 11.9. The molecule has 0 aromatic heterocycles. The second-order valence-corrected chi connectivity index (χ2v) is 5.07. The van der Waals surface area contributed by atoms with Crippen LogP contribution in [-0.4, -0.2) is 19.0 Å². The molecule has 1 aromatic rings. The first-order valence-corrected chi connectivity index (χ1v) is 7.28. The van der Waals surface area contributed by atoms with E-state index in [1.807, 2.05) is 12.1 Å². The molecule has 0 fully saturated rings. The van der Waals surface area contributed by atoms with Crippen LogP contribution in [0.2, 0.25) is 5.02 Å². The number of carbonyl (C=O) groups is 1. The molecule has 1 unspecified atom stereocenters. The zero-order chi connectivity index (χ0) is 14.3. The third-order valence-electron chi connectivity index (χ3n) is 3.21. The molecule has 1 atom stereocenters. The van der Waals surface area contributed by atoms with Crippen LogP contribution in [0.1, 0.15) is 49.9 Å². The van der Waals surface area contributed by atoms with Gasteiger partial charge in [-0.2, -0.15) is 0 Å². The van der Waals surface area contributed by atoms with Gasteiger partial charge in [-0.15, -0.1) is 0 Å². The second kappa shape index (κ2) is 8.05. The van der Waals surface area contributed by atoms with E-state index < -0.39 is 0 Å². The molecule has 4 heteroatoms. The van der Waals surface area contributed by atoms with Crippen LogP contribution in [0.4, 0.5) is 5.69 Å². The molecule has 2 N–H and O–H groups in total. The molecule has 0 heterocycles. The number of carbonyl (C=O) groups excluding carboxylic acids is 1. The van der Waals surface area contributed by atoms with Crippen LogP contribution in [0.25, 0.3) is 0 Å². The molecule has 0 spiro atoms. The quantitative estimate of drug-likeness (QED) is 0.791. The van der Waals surface area contributed by atoms with Gasteiger partial charge in [-0.05, 0) is 31.0 Å². The molecule has 0 aliphatic rings. The lowest BCUT2D eigenvalue weighted by molar-refractivity contribution is 0.0963. The van der Waals surface area contributed by atoms with Crippen molar-refractivity contribution in [3.05, 3.63) is 28.8 Å². The number of halogens is 1. The zero-order valence-corrected chi connectivity index (χ0v) is 12.7. The van der Waals surface area contributed by atoms with E-state index in [9.17, 15) is 4.79 Å². The van der Waals surface area contributed by atoms with Crippen molar-refractivity contribution in [2.45, 2.75) is 45.6 Å². The Morgan fingerprint density at radius 2 is 2.11 bits per heavy atom. The van der Waals surface area contributed by atoms with Crippen molar-refractivity contribution in [3.63, 3.8) is 0 Å². The smallest absolute Gasteiger partial charge is 0.252 e. The largest absolute Gasteiger partial charge is 0.382 e. The Morgan fingerprint density at radius 1 is 1.37 bits per heavy atom. The van der Waals surface area contributed by atoms with Crippen molar-refractivity contribution < 1.29 is 4.79 Å². The number of unbranched alkanes of at least 4 members (excludes halogenated alkanes) is 1. The van der Waals surface area contributed by atoms with Gasteiger partial charge < -0.3 is 10.6 Å². The summed E-state index contributed by atoms with van der Waals surface area (Å²) in [5, 5.41) is 6.55. The summed E-state index contributed by atoms with van der Waals surface area (Å²) in [4.78, 5) is 11.7. The fraction of sp³-hybridized carbons (Fsp3) is 0.533. The van der Waals surface area contributed by atoms with Gasteiger partial charge in [-0.25, -0.2) is 0 Å². The van der Waals surface area contributed by atoms with Crippen molar-refractivity contribution >= 4 is 23.2 Å². The molecule has 106 valence electrons. The minimum absolute atomic E-state index is 0.157. The van der Waals surface area contributed by atoms with Gasteiger partial charge >= 0.3 is 0 Å². The molecule has 0 saturated carbocycles. The van der Waals surface area contributed by atoms with Crippen LogP contribution >= 0.6 is 11.6 Å². The van der Waals surface area contributed by atoms with Gasteiger partial charge in [-0.1, -0.05) is 38.3 Å². The SMILES string of the molecule is CCCCC(CC)Nc1ccc(Cl)c(C(=O)NC)c1. The topological polar surface area (TPSA) is 41.1 Å².